The maximum absolute atomic E-state index is 11.7. The number of aryl methyl sites for hydroxylation is 4. The molecule has 0 saturated heterocycles. The number of rotatable bonds is 3. The third kappa shape index (κ3) is 2.54. The molecular weight excluding hydrogens is 268 g/mol. The Labute approximate surface area is 111 Å². The zero-order valence-electron chi connectivity index (χ0n) is 11.2. The van der Waals surface area contributed by atoms with E-state index in [1.807, 2.05) is 0 Å². The van der Waals surface area contributed by atoms with E-state index in [0.29, 0.717) is 22.8 Å². The van der Waals surface area contributed by atoms with E-state index in [2.05, 4.69) is 10.2 Å². The Bertz CT molecular complexity index is 668. The van der Waals surface area contributed by atoms with Gasteiger partial charge in [0.25, 0.3) is 5.50 Å². The lowest BCUT2D eigenvalue weighted by molar-refractivity contribution is 0.381. The average Bonchev–Trinajstić information content (AvgIpc) is 2.70. The van der Waals surface area contributed by atoms with Gasteiger partial charge in [-0.05, 0) is 39.8 Å². The normalized spacial score (nSPS) is 12.3. The molecule has 0 aliphatic carbocycles. The lowest BCUT2D eigenvalue weighted by Crippen LogP contribution is -2.30. The van der Waals surface area contributed by atoms with Crippen LogP contribution in [0.5, 0.6) is 0 Å². The average molecular weight is 284 g/mol. The Balaban J connectivity index is 2.68. The summed E-state index contributed by atoms with van der Waals surface area (Å²) in [5.41, 5.74) is 1.23. The molecule has 0 radical (unpaired) electrons. The number of hydrogen-bond acceptors (Lipinski definition) is 4. The van der Waals surface area contributed by atoms with Gasteiger partial charge in [-0.25, -0.2) is 9.36 Å². The van der Waals surface area contributed by atoms with Gasteiger partial charge in [0.2, 0.25) is 0 Å². The van der Waals surface area contributed by atoms with E-state index < -0.39 is 15.6 Å². The van der Waals surface area contributed by atoms with Crippen LogP contribution in [0.1, 0.15) is 28.3 Å². The van der Waals surface area contributed by atoms with Gasteiger partial charge in [0.15, 0.2) is 0 Å². The van der Waals surface area contributed by atoms with Crippen LogP contribution in [-0.4, -0.2) is 32.5 Å². The molecule has 2 rings (SSSR count). The predicted molar refractivity (Wildman–Crippen MR) is 69.4 cm³/mol. The molecule has 19 heavy (non-hydrogen) atoms. The van der Waals surface area contributed by atoms with Gasteiger partial charge in [0, 0.05) is 11.4 Å². The Morgan fingerprint density at radius 3 is 1.58 bits per heavy atom. The van der Waals surface area contributed by atoms with Crippen LogP contribution in [0.15, 0.2) is 12.1 Å². The maximum Gasteiger partial charge on any atom is 0.309 e. The SMILES string of the molecule is Cc1cc(C)n(C(n2nc(C)cc2C)S(=O)(=O)O)n1. The predicted octanol–water partition coefficient (Wildman–Crippen LogP) is 1.21. The lowest BCUT2D eigenvalue weighted by atomic mass is 10.4. The highest BCUT2D eigenvalue weighted by molar-refractivity contribution is 7.85. The van der Waals surface area contributed by atoms with Crippen molar-refractivity contribution >= 4 is 10.1 Å². The molecular formula is C11H16N4O3S. The van der Waals surface area contributed by atoms with E-state index >= 15 is 0 Å². The van der Waals surface area contributed by atoms with Crippen molar-refractivity contribution in [2.75, 3.05) is 0 Å². The largest absolute Gasteiger partial charge is 0.309 e. The summed E-state index contributed by atoms with van der Waals surface area (Å²) in [6, 6.07) is 3.48. The molecule has 0 fully saturated rings. The molecule has 0 bridgehead atoms. The Morgan fingerprint density at radius 1 is 1.00 bits per heavy atom. The quantitative estimate of drug-likeness (QED) is 0.855. The van der Waals surface area contributed by atoms with E-state index in [1.165, 1.54) is 9.36 Å². The zero-order valence-corrected chi connectivity index (χ0v) is 12.0. The fourth-order valence-corrected chi connectivity index (χ4v) is 3.03. The third-order valence-corrected chi connectivity index (χ3v) is 3.71. The van der Waals surface area contributed by atoms with Crippen molar-refractivity contribution in [3.63, 3.8) is 0 Å². The molecule has 0 atom stereocenters. The molecule has 2 heterocycles. The molecule has 8 heteroatoms. The second kappa shape index (κ2) is 4.46. The number of aromatic nitrogens is 4. The van der Waals surface area contributed by atoms with Crippen molar-refractivity contribution in [1.82, 2.24) is 19.6 Å². The number of hydrogen-bond donors (Lipinski definition) is 1. The summed E-state index contributed by atoms with van der Waals surface area (Å²) in [6.45, 7) is 6.96. The van der Waals surface area contributed by atoms with E-state index in [-0.39, 0.29) is 0 Å². The summed E-state index contributed by atoms with van der Waals surface area (Å²) < 4.78 is 35.4. The van der Waals surface area contributed by atoms with Crippen LogP contribution < -0.4 is 0 Å². The minimum atomic E-state index is -4.39. The van der Waals surface area contributed by atoms with Gasteiger partial charge in [0.05, 0.1) is 11.4 Å². The Hall–Kier alpha value is -1.67. The first kappa shape index (κ1) is 13.8. The Morgan fingerprint density at radius 2 is 1.37 bits per heavy atom. The second-order valence-electron chi connectivity index (χ2n) is 4.58. The van der Waals surface area contributed by atoms with Crippen molar-refractivity contribution in [1.29, 1.82) is 0 Å². The van der Waals surface area contributed by atoms with E-state index in [9.17, 15) is 13.0 Å². The summed E-state index contributed by atoms with van der Waals surface area (Å²) in [5, 5.41) is 8.24. The molecule has 0 saturated carbocycles. The highest BCUT2D eigenvalue weighted by Crippen LogP contribution is 2.21. The molecule has 0 unspecified atom stereocenters. The lowest BCUT2D eigenvalue weighted by Gasteiger charge is -2.18. The molecule has 0 aliphatic heterocycles. The van der Waals surface area contributed by atoms with Crippen molar-refractivity contribution < 1.29 is 13.0 Å². The molecule has 0 aromatic carbocycles. The minimum Gasteiger partial charge on any atom is -0.282 e. The standard InChI is InChI=1S/C11H16N4O3S/c1-7-5-9(3)14(12-7)11(19(16,17)18)15-10(4)6-8(2)13-15/h5-6,11H,1-4H3,(H,16,17,18). The first-order chi connectivity index (χ1) is 8.70. The van der Waals surface area contributed by atoms with Crippen molar-refractivity contribution in [2.45, 2.75) is 33.2 Å². The topological polar surface area (TPSA) is 90.0 Å². The van der Waals surface area contributed by atoms with Gasteiger partial charge >= 0.3 is 10.1 Å². The van der Waals surface area contributed by atoms with Gasteiger partial charge in [-0.1, -0.05) is 0 Å². The van der Waals surface area contributed by atoms with Crippen LogP contribution in [0.3, 0.4) is 0 Å². The van der Waals surface area contributed by atoms with Gasteiger partial charge < -0.3 is 0 Å². The Kier molecular flexibility index (Phi) is 3.23. The molecule has 0 aliphatic rings. The van der Waals surface area contributed by atoms with Gasteiger partial charge in [0.1, 0.15) is 0 Å². The van der Waals surface area contributed by atoms with Crippen LogP contribution in [0.25, 0.3) is 0 Å². The molecule has 2 aromatic heterocycles. The molecule has 0 spiro atoms. The summed E-state index contributed by atoms with van der Waals surface area (Å²) in [6.07, 6.45) is 0. The van der Waals surface area contributed by atoms with Crippen LogP contribution >= 0.6 is 0 Å². The van der Waals surface area contributed by atoms with Gasteiger partial charge in [-0.2, -0.15) is 18.6 Å². The second-order valence-corrected chi connectivity index (χ2v) is 6.04. The highest BCUT2D eigenvalue weighted by Gasteiger charge is 2.31. The van der Waals surface area contributed by atoms with Crippen LogP contribution in [0.2, 0.25) is 0 Å². The molecule has 2 aromatic rings. The van der Waals surface area contributed by atoms with Crippen LogP contribution in [0, 0.1) is 27.7 Å². The maximum atomic E-state index is 11.7. The van der Waals surface area contributed by atoms with Crippen LogP contribution in [-0.2, 0) is 10.1 Å². The van der Waals surface area contributed by atoms with Crippen LogP contribution in [0.4, 0.5) is 0 Å². The highest BCUT2D eigenvalue weighted by atomic mass is 32.2. The fourth-order valence-electron chi connectivity index (χ4n) is 2.10. The van der Waals surface area contributed by atoms with Crippen molar-refractivity contribution in [3.05, 3.63) is 34.9 Å². The van der Waals surface area contributed by atoms with Crippen molar-refractivity contribution in [2.24, 2.45) is 0 Å². The first-order valence-electron chi connectivity index (χ1n) is 5.72. The molecule has 0 amide bonds. The number of nitrogens with zero attached hydrogens (tertiary/aromatic N) is 4. The van der Waals surface area contributed by atoms with Crippen molar-refractivity contribution in [3.8, 4) is 0 Å². The summed E-state index contributed by atoms with van der Waals surface area (Å²) in [7, 11) is -4.39. The summed E-state index contributed by atoms with van der Waals surface area (Å²) in [5.74, 6) is 0. The molecule has 104 valence electrons. The van der Waals surface area contributed by atoms with Gasteiger partial charge in [-0.15, -0.1) is 0 Å². The summed E-state index contributed by atoms with van der Waals surface area (Å²) in [4.78, 5) is 0. The molecule has 7 nitrogen and oxygen atoms in total. The van der Waals surface area contributed by atoms with Gasteiger partial charge in [-0.3, -0.25) is 4.55 Å². The van der Waals surface area contributed by atoms with E-state index in [4.69, 9.17) is 0 Å². The first-order valence-corrected chi connectivity index (χ1v) is 7.22. The smallest absolute Gasteiger partial charge is 0.282 e. The monoisotopic (exact) mass is 284 g/mol. The minimum absolute atomic E-state index is 0.632. The summed E-state index contributed by atoms with van der Waals surface area (Å²) >= 11 is 0. The van der Waals surface area contributed by atoms with E-state index in [0.717, 1.165) is 0 Å². The molecule has 1 N–H and O–H groups in total. The van der Waals surface area contributed by atoms with E-state index in [1.54, 1.807) is 39.8 Å². The third-order valence-electron chi connectivity index (χ3n) is 2.77. The fraction of sp³-hybridized carbons (Fsp3) is 0.455. The zero-order chi connectivity index (χ0) is 14.4.